The zero-order valence-electron chi connectivity index (χ0n) is 11.7. The number of nitrogens with one attached hydrogen (secondary N) is 1. The number of carbonyl (C=O) groups is 3. The lowest BCUT2D eigenvalue weighted by Crippen LogP contribution is -2.46. The quantitative estimate of drug-likeness (QED) is 0.797. The second kappa shape index (κ2) is 6.74. The second-order valence-electron chi connectivity index (χ2n) is 4.39. The van der Waals surface area contributed by atoms with Gasteiger partial charge in [0.05, 0.1) is 11.8 Å². The van der Waals surface area contributed by atoms with Gasteiger partial charge in [0.2, 0.25) is 5.91 Å². The Kier molecular flexibility index (Phi) is 5.31. The fourth-order valence-corrected chi connectivity index (χ4v) is 1.72. The molecule has 0 aliphatic carbocycles. The van der Waals surface area contributed by atoms with Gasteiger partial charge in [-0.2, -0.15) is 0 Å². The van der Waals surface area contributed by atoms with Crippen LogP contribution in [0.1, 0.15) is 30.0 Å². The molecule has 0 aliphatic rings. The molecule has 0 fully saturated rings. The molecule has 2 N–H and O–H groups in total. The van der Waals surface area contributed by atoms with Crippen LogP contribution in [0, 0.1) is 6.92 Å². The molecule has 1 rings (SSSR count). The molecule has 1 aromatic heterocycles. The monoisotopic (exact) mass is 282 g/mol. The minimum absolute atomic E-state index is 0.108. The summed E-state index contributed by atoms with van der Waals surface area (Å²) in [7, 11) is 0. The number of carboxylic acid groups (broad SMARTS) is 1. The Morgan fingerprint density at radius 2 is 2.10 bits per heavy atom. The van der Waals surface area contributed by atoms with Crippen molar-refractivity contribution in [2.24, 2.45) is 0 Å². The third-order valence-corrected chi connectivity index (χ3v) is 2.90. The molecule has 0 saturated heterocycles. The maximum Gasteiger partial charge on any atom is 0.326 e. The average Bonchev–Trinajstić information content (AvgIpc) is 2.79. The minimum atomic E-state index is -1.11. The van der Waals surface area contributed by atoms with E-state index in [2.05, 4.69) is 5.32 Å². The molecule has 20 heavy (non-hydrogen) atoms. The van der Waals surface area contributed by atoms with E-state index in [1.165, 1.54) is 31.1 Å². The van der Waals surface area contributed by atoms with Gasteiger partial charge in [-0.3, -0.25) is 9.59 Å². The molecule has 7 nitrogen and oxygen atoms in total. The number of rotatable bonds is 6. The van der Waals surface area contributed by atoms with Crippen LogP contribution in [-0.4, -0.2) is 46.9 Å². The maximum atomic E-state index is 12.3. The first-order valence-electron chi connectivity index (χ1n) is 6.17. The van der Waals surface area contributed by atoms with Crippen LogP contribution < -0.4 is 5.32 Å². The van der Waals surface area contributed by atoms with Crippen LogP contribution in [0.2, 0.25) is 0 Å². The Labute approximate surface area is 116 Å². The number of aliphatic carboxylic acids is 1. The molecule has 1 atom stereocenters. The van der Waals surface area contributed by atoms with Crippen molar-refractivity contribution in [3.05, 3.63) is 23.7 Å². The van der Waals surface area contributed by atoms with Crippen LogP contribution in [0.25, 0.3) is 0 Å². The summed E-state index contributed by atoms with van der Waals surface area (Å²) in [4.78, 5) is 35.5. The molecule has 110 valence electrons. The summed E-state index contributed by atoms with van der Waals surface area (Å²) in [6.45, 7) is 4.70. The molecule has 1 heterocycles. The number of amides is 2. The Hall–Kier alpha value is -2.31. The molecule has 0 saturated carbocycles. The fraction of sp³-hybridized carbons (Fsp3) is 0.462. The topological polar surface area (TPSA) is 99.9 Å². The standard InChI is InChI=1S/C13H18N2O5/c1-8(13(18)19)15(6-5-14-10(3)16)12(17)11-4-7-20-9(11)2/h4,7-8H,5-6H2,1-3H3,(H,14,16)(H,18,19). The van der Waals surface area contributed by atoms with Crippen molar-refractivity contribution in [1.29, 1.82) is 0 Å². The summed E-state index contributed by atoms with van der Waals surface area (Å²) in [5.41, 5.74) is 0.320. The summed E-state index contributed by atoms with van der Waals surface area (Å²) in [5.74, 6) is -1.35. The van der Waals surface area contributed by atoms with E-state index in [4.69, 9.17) is 9.52 Å². The Morgan fingerprint density at radius 3 is 2.55 bits per heavy atom. The molecule has 7 heteroatoms. The molecule has 0 aromatic carbocycles. The highest BCUT2D eigenvalue weighted by Crippen LogP contribution is 2.14. The van der Waals surface area contributed by atoms with Gasteiger partial charge in [-0.25, -0.2) is 4.79 Å². The lowest BCUT2D eigenvalue weighted by Gasteiger charge is -2.26. The van der Waals surface area contributed by atoms with Gasteiger partial charge >= 0.3 is 5.97 Å². The molecule has 0 spiro atoms. The Morgan fingerprint density at radius 1 is 1.45 bits per heavy atom. The summed E-state index contributed by atoms with van der Waals surface area (Å²) in [6, 6.07) is 0.503. The average molecular weight is 282 g/mol. The smallest absolute Gasteiger partial charge is 0.326 e. The summed E-state index contributed by atoms with van der Waals surface area (Å²) in [6.07, 6.45) is 1.37. The van der Waals surface area contributed by atoms with Crippen LogP contribution >= 0.6 is 0 Å². The third kappa shape index (κ3) is 3.84. The van der Waals surface area contributed by atoms with Crippen molar-refractivity contribution in [3.63, 3.8) is 0 Å². The summed E-state index contributed by atoms with van der Waals surface area (Å²) < 4.78 is 5.05. The SMILES string of the molecule is CC(=O)NCCN(C(=O)c1ccoc1C)C(C)C(=O)O. The van der Waals surface area contributed by atoms with Crippen molar-refractivity contribution in [2.45, 2.75) is 26.8 Å². The molecule has 1 aromatic rings. The highest BCUT2D eigenvalue weighted by Gasteiger charge is 2.27. The van der Waals surface area contributed by atoms with E-state index in [-0.39, 0.29) is 19.0 Å². The van der Waals surface area contributed by atoms with Gasteiger partial charge in [0.15, 0.2) is 0 Å². The van der Waals surface area contributed by atoms with Gasteiger partial charge in [-0.1, -0.05) is 0 Å². The molecular weight excluding hydrogens is 264 g/mol. The number of carboxylic acids is 1. The number of hydrogen-bond acceptors (Lipinski definition) is 4. The molecule has 1 unspecified atom stereocenters. The second-order valence-corrected chi connectivity index (χ2v) is 4.39. The number of hydrogen-bond donors (Lipinski definition) is 2. The zero-order chi connectivity index (χ0) is 15.3. The first-order chi connectivity index (χ1) is 9.34. The lowest BCUT2D eigenvalue weighted by atomic mass is 10.2. The summed E-state index contributed by atoms with van der Waals surface area (Å²) in [5, 5.41) is 11.6. The van der Waals surface area contributed by atoms with Crippen LogP contribution in [0.3, 0.4) is 0 Å². The van der Waals surface area contributed by atoms with Gasteiger partial charge in [0.25, 0.3) is 5.91 Å². The largest absolute Gasteiger partial charge is 0.480 e. The van der Waals surface area contributed by atoms with Crippen LogP contribution in [0.15, 0.2) is 16.7 Å². The normalized spacial score (nSPS) is 11.8. The van der Waals surface area contributed by atoms with Crippen molar-refractivity contribution in [3.8, 4) is 0 Å². The van der Waals surface area contributed by atoms with Gasteiger partial charge in [-0.05, 0) is 19.9 Å². The van der Waals surface area contributed by atoms with Gasteiger partial charge in [-0.15, -0.1) is 0 Å². The third-order valence-electron chi connectivity index (χ3n) is 2.90. The number of carbonyl (C=O) groups excluding carboxylic acids is 2. The number of furan rings is 1. The number of nitrogens with zero attached hydrogens (tertiary/aromatic N) is 1. The first-order valence-corrected chi connectivity index (χ1v) is 6.17. The van der Waals surface area contributed by atoms with Crippen LogP contribution in [-0.2, 0) is 9.59 Å². The van der Waals surface area contributed by atoms with E-state index in [0.717, 1.165) is 0 Å². The van der Waals surface area contributed by atoms with E-state index in [1.54, 1.807) is 6.92 Å². The molecule has 0 radical (unpaired) electrons. The summed E-state index contributed by atoms with van der Waals surface area (Å²) >= 11 is 0. The van der Waals surface area contributed by atoms with E-state index < -0.39 is 17.9 Å². The van der Waals surface area contributed by atoms with Crippen molar-refractivity contribution >= 4 is 17.8 Å². The molecule has 0 bridgehead atoms. The van der Waals surface area contributed by atoms with Crippen molar-refractivity contribution < 1.29 is 23.9 Å². The molecule has 2 amide bonds. The predicted molar refractivity (Wildman–Crippen MR) is 70.3 cm³/mol. The van der Waals surface area contributed by atoms with Gasteiger partial charge < -0.3 is 19.7 Å². The van der Waals surface area contributed by atoms with Crippen LogP contribution in [0.5, 0.6) is 0 Å². The maximum absolute atomic E-state index is 12.3. The highest BCUT2D eigenvalue weighted by molar-refractivity contribution is 5.97. The lowest BCUT2D eigenvalue weighted by molar-refractivity contribution is -0.141. The molecule has 0 aliphatic heterocycles. The van der Waals surface area contributed by atoms with Crippen molar-refractivity contribution in [2.75, 3.05) is 13.1 Å². The Bertz CT molecular complexity index is 509. The van der Waals surface area contributed by atoms with E-state index in [1.807, 2.05) is 0 Å². The fourth-order valence-electron chi connectivity index (χ4n) is 1.72. The molecular formula is C13H18N2O5. The zero-order valence-corrected chi connectivity index (χ0v) is 11.7. The van der Waals surface area contributed by atoms with E-state index >= 15 is 0 Å². The van der Waals surface area contributed by atoms with Gasteiger partial charge in [0.1, 0.15) is 11.8 Å². The first kappa shape index (κ1) is 15.7. The van der Waals surface area contributed by atoms with E-state index in [0.29, 0.717) is 11.3 Å². The highest BCUT2D eigenvalue weighted by atomic mass is 16.4. The number of aryl methyl sites for hydroxylation is 1. The van der Waals surface area contributed by atoms with Crippen LogP contribution in [0.4, 0.5) is 0 Å². The predicted octanol–water partition coefficient (Wildman–Crippen LogP) is 0.639. The van der Waals surface area contributed by atoms with Crippen molar-refractivity contribution in [1.82, 2.24) is 10.2 Å². The van der Waals surface area contributed by atoms with Gasteiger partial charge in [0, 0.05) is 20.0 Å². The Balaban J connectivity index is 2.87. The minimum Gasteiger partial charge on any atom is -0.480 e. The van der Waals surface area contributed by atoms with E-state index in [9.17, 15) is 14.4 Å².